The maximum absolute atomic E-state index is 12.0. The lowest BCUT2D eigenvalue weighted by atomic mass is 10.2. The number of nitrogens with one attached hydrogen (secondary N) is 1. The van der Waals surface area contributed by atoms with Crippen molar-refractivity contribution < 1.29 is 18.0 Å². The lowest BCUT2D eigenvalue weighted by Crippen LogP contribution is -2.23. The van der Waals surface area contributed by atoms with Gasteiger partial charge in [0, 0.05) is 12.7 Å². The number of alkyl halides is 3. The molecule has 1 N–H and O–H groups in total. The van der Waals surface area contributed by atoms with Gasteiger partial charge in [0.1, 0.15) is 0 Å². The summed E-state index contributed by atoms with van der Waals surface area (Å²) in [5.41, 5.74) is 0.906. The van der Waals surface area contributed by atoms with Gasteiger partial charge in [-0.05, 0) is 21.5 Å². The normalized spacial score (nSPS) is 12.4. The van der Waals surface area contributed by atoms with Gasteiger partial charge in [-0.15, -0.1) is 0 Å². The van der Waals surface area contributed by atoms with Crippen molar-refractivity contribution in [3.8, 4) is 0 Å². The Morgan fingerprint density at radius 1 is 1.29 bits per heavy atom. The first-order chi connectivity index (χ1) is 7.91. The van der Waals surface area contributed by atoms with Crippen LogP contribution in [0.2, 0.25) is 0 Å². The fourth-order valence-corrected chi connectivity index (χ4v) is 1.44. The molecule has 0 spiro atoms. The molecule has 0 saturated carbocycles. The Kier molecular flexibility index (Phi) is 4.74. The van der Waals surface area contributed by atoms with Gasteiger partial charge in [0.15, 0.2) is 0 Å². The molecule has 0 unspecified atom stereocenters. The molecule has 0 fully saturated rings. The van der Waals surface area contributed by atoms with Crippen molar-refractivity contribution >= 4 is 21.7 Å². The van der Waals surface area contributed by atoms with Crippen LogP contribution in [-0.2, 0) is 11.3 Å². The Morgan fingerprint density at radius 2 is 1.88 bits per heavy atom. The maximum atomic E-state index is 12.0. The van der Waals surface area contributed by atoms with Gasteiger partial charge < -0.3 is 5.32 Å². The predicted octanol–water partition coefficient (Wildman–Crippen LogP) is 3.14. The van der Waals surface area contributed by atoms with E-state index in [1.807, 2.05) is 30.3 Å². The van der Waals surface area contributed by atoms with Crippen molar-refractivity contribution in [1.29, 1.82) is 0 Å². The molecule has 0 heterocycles. The third kappa shape index (κ3) is 4.60. The molecular formula is C11H9BrF3NO. The minimum atomic E-state index is -4.86. The summed E-state index contributed by atoms with van der Waals surface area (Å²) in [5, 5.41) is 2.62. The molecule has 6 heteroatoms. The summed E-state index contributed by atoms with van der Waals surface area (Å²) >= 11 is 2.58. The highest BCUT2D eigenvalue weighted by Gasteiger charge is 2.39. The zero-order valence-electron chi connectivity index (χ0n) is 8.59. The molecule has 92 valence electrons. The first kappa shape index (κ1) is 13.8. The highest BCUT2D eigenvalue weighted by atomic mass is 79.9. The first-order valence-corrected chi connectivity index (χ1v) is 5.45. The molecule has 1 aromatic rings. The van der Waals surface area contributed by atoms with E-state index in [0.717, 1.165) is 11.8 Å². The number of hydrogen-bond acceptors (Lipinski definition) is 2. The Hall–Kier alpha value is -1.30. The van der Waals surface area contributed by atoms with Gasteiger partial charge in [0.05, 0.1) is 4.48 Å². The Bertz CT molecular complexity index is 414. The second kappa shape index (κ2) is 5.86. The van der Waals surface area contributed by atoms with E-state index < -0.39 is 16.4 Å². The number of ketones is 1. The molecule has 0 aliphatic heterocycles. The number of benzene rings is 1. The lowest BCUT2D eigenvalue weighted by molar-refractivity contribution is -0.165. The average molecular weight is 308 g/mol. The Balaban J connectivity index is 2.52. The van der Waals surface area contributed by atoms with E-state index in [2.05, 4.69) is 21.2 Å². The van der Waals surface area contributed by atoms with Gasteiger partial charge in [-0.2, -0.15) is 13.2 Å². The largest absolute Gasteiger partial charge is 0.455 e. The van der Waals surface area contributed by atoms with Crippen molar-refractivity contribution in [3.05, 3.63) is 46.6 Å². The van der Waals surface area contributed by atoms with Crippen LogP contribution in [0, 0.1) is 0 Å². The minimum Gasteiger partial charge on any atom is -0.386 e. The molecule has 0 saturated heterocycles. The van der Waals surface area contributed by atoms with E-state index in [-0.39, 0.29) is 0 Å². The van der Waals surface area contributed by atoms with Crippen LogP contribution >= 0.6 is 15.9 Å². The number of allylic oxidation sites excluding steroid dienone is 1. The first-order valence-electron chi connectivity index (χ1n) is 4.66. The highest BCUT2D eigenvalue weighted by Crippen LogP contribution is 2.23. The molecule has 1 rings (SSSR count). The van der Waals surface area contributed by atoms with Crippen molar-refractivity contribution in [2.45, 2.75) is 12.7 Å². The van der Waals surface area contributed by atoms with Crippen LogP contribution in [0.15, 0.2) is 41.0 Å². The van der Waals surface area contributed by atoms with Crippen LogP contribution in [0.4, 0.5) is 13.2 Å². The van der Waals surface area contributed by atoms with Crippen LogP contribution in [-0.4, -0.2) is 12.0 Å². The van der Waals surface area contributed by atoms with Crippen LogP contribution < -0.4 is 5.32 Å². The fraction of sp³-hybridized carbons (Fsp3) is 0.182. The molecule has 0 aromatic heterocycles. The lowest BCUT2D eigenvalue weighted by Gasteiger charge is -2.05. The molecule has 0 aliphatic rings. The summed E-state index contributed by atoms with van der Waals surface area (Å²) in [6.07, 6.45) is -3.85. The van der Waals surface area contributed by atoms with Crippen LogP contribution in [0.5, 0.6) is 0 Å². The van der Waals surface area contributed by atoms with Crippen molar-refractivity contribution in [2.75, 3.05) is 0 Å². The van der Waals surface area contributed by atoms with E-state index in [1.54, 1.807) is 0 Å². The van der Waals surface area contributed by atoms with Crippen LogP contribution in [0.25, 0.3) is 0 Å². The summed E-state index contributed by atoms with van der Waals surface area (Å²) in [5.74, 6) is -1.90. The summed E-state index contributed by atoms with van der Waals surface area (Å²) in [6.45, 7) is 0.348. The third-order valence-corrected chi connectivity index (χ3v) is 2.44. The van der Waals surface area contributed by atoms with E-state index >= 15 is 0 Å². The standard InChI is InChI=1S/C11H9BrF3NO/c12-9(10(17)11(13,14)15)7-16-6-8-4-2-1-3-5-8/h1-5,7,16H,6H2/b9-7-. The summed E-state index contributed by atoms with van der Waals surface area (Å²) in [6, 6.07) is 9.11. The van der Waals surface area contributed by atoms with Crippen molar-refractivity contribution in [1.82, 2.24) is 5.32 Å². The average Bonchev–Trinajstić information content (AvgIpc) is 2.28. The minimum absolute atomic E-state index is 0.348. The van der Waals surface area contributed by atoms with Crippen LogP contribution in [0.1, 0.15) is 5.56 Å². The van der Waals surface area contributed by atoms with E-state index in [1.165, 1.54) is 0 Å². The van der Waals surface area contributed by atoms with Crippen molar-refractivity contribution in [2.24, 2.45) is 0 Å². The fourth-order valence-electron chi connectivity index (χ4n) is 1.06. The maximum Gasteiger partial charge on any atom is 0.455 e. The number of carbonyl (C=O) groups is 1. The highest BCUT2D eigenvalue weighted by molar-refractivity contribution is 9.12. The zero-order valence-corrected chi connectivity index (χ0v) is 10.2. The number of Topliss-reactive ketones (excluding diaryl/α,β-unsaturated/α-hetero) is 1. The quantitative estimate of drug-likeness (QED) is 0.866. The molecule has 0 bridgehead atoms. The number of hydrogen-bond donors (Lipinski definition) is 1. The second-order valence-electron chi connectivity index (χ2n) is 3.19. The van der Waals surface area contributed by atoms with Gasteiger partial charge >= 0.3 is 6.18 Å². The van der Waals surface area contributed by atoms with E-state index in [9.17, 15) is 18.0 Å². The molecule has 2 nitrogen and oxygen atoms in total. The summed E-state index contributed by atoms with van der Waals surface area (Å²) in [4.78, 5) is 10.7. The Morgan fingerprint density at radius 3 is 2.41 bits per heavy atom. The summed E-state index contributed by atoms with van der Waals surface area (Å²) in [7, 11) is 0. The number of carbonyl (C=O) groups excluding carboxylic acids is 1. The molecule has 0 atom stereocenters. The second-order valence-corrected chi connectivity index (χ2v) is 4.04. The van der Waals surface area contributed by atoms with Crippen molar-refractivity contribution in [3.63, 3.8) is 0 Å². The molecular weight excluding hydrogens is 299 g/mol. The molecule has 17 heavy (non-hydrogen) atoms. The third-order valence-electron chi connectivity index (χ3n) is 1.85. The molecule has 1 aromatic carbocycles. The topological polar surface area (TPSA) is 29.1 Å². The molecule has 0 amide bonds. The number of halogens is 4. The molecule has 0 aliphatic carbocycles. The number of rotatable bonds is 4. The smallest absolute Gasteiger partial charge is 0.386 e. The SMILES string of the molecule is O=C(/C(Br)=C/NCc1ccccc1)C(F)(F)F. The van der Waals surface area contributed by atoms with Gasteiger partial charge in [-0.3, -0.25) is 4.79 Å². The molecule has 0 radical (unpaired) electrons. The van der Waals surface area contributed by atoms with E-state index in [0.29, 0.717) is 6.54 Å². The summed E-state index contributed by atoms with van der Waals surface area (Å²) < 4.78 is 35.5. The predicted molar refractivity (Wildman–Crippen MR) is 61.4 cm³/mol. The zero-order chi connectivity index (χ0) is 12.9. The van der Waals surface area contributed by atoms with Gasteiger partial charge in [-0.25, -0.2) is 0 Å². The monoisotopic (exact) mass is 307 g/mol. The van der Waals surface area contributed by atoms with Gasteiger partial charge in [0.2, 0.25) is 0 Å². The Labute approximate surface area is 105 Å². The van der Waals surface area contributed by atoms with Gasteiger partial charge in [0.25, 0.3) is 5.78 Å². The van der Waals surface area contributed by atoms with E-state index in [4.69, 9.17) is 0 Å². The van der Waals surface area contributed by atoms with Gasteiger partial charge in [-0.1, -0.05) is 30.3 Å². The van der Waals surface area contributed by atoms with Crippen LogP contribution in [0.3, 0.4) is 0 Å².